The standard InChI is InChI=1S/C12H14O4S/c1-16-12(13)8-9-2-4-10(5-3-9)17(14,15)11-6-7-11/h2-5,11H,6-8H2,1H3. The molecule has 0 amide bonds. The quantitative estimate of drug-likeness (QED) is 0.761. The number of carbonyl (C=O) groups is 1. The van der Waals surface area contributed by atoms with Crippen LogP contribution in [0.3, 0.4) is 0 Å². The molecule has 4 nitrogen and oxygen atoms in total. The lowest BCUT2D eigenvalue weighted by Crippen LogP contribution is -2.08. The molecule has 92 valence electrons. The van der Waals surface area contributed by atoms with Crippen LogP contribution >= 0.6 is 0 Å². The molecule has 1 aliphatic carbocycles. The Morgan fingerprint density at radius 3 is 2.35 bits per heavy atom. The fraction of sp³-hybridized carbons (Fsp3) is 0.417. The van der Waals surface area contributed by atoms with E-state index in [2.05, 4.69) is 4.74 Å². The molecule has 0 radical (unpaired) electrons. The van der Waals surface area contributed by atoms with E-state index in [0.717, 1.165) is 18.4 Å². The Bertz CT molecular complexity index is 512. The molecule has 0 aromatic heterocycles. The summed E-state index contributed by atoms with van der Waals surface area (Å²) >= 11 is 0. The number of carbonyl (C=O) groups excluding carboxylic acids is 1. The molecule has 5 heteroatoms. The van der Waals surface area contributed by atoms with Gasteiger partial charge in [0.15, 0.2) is 9.84 Å². The van der Waals surface area contributed by atoms with Crippen LogP contribution in [0.5, 0.6) is 0 Å². The summed E-state index contributed by atoms with van der Waals surface area (Å²) in [6.45, 7) is 0. The molecule has 0 heterocycles. The van der Waals surface area contributed by atoms with Crippen LogP contribution in [-0.2, 0) is 25.8 Å². The Labute approximate surface area is 101 Å². The topological polar surface area (TPSA) is 60.4 Å². The molecule has 1 fully saturated rings. The second-order valence-corrected chi connectivity index (χ2v) is 6.37. The average Bonchev–Trinajstić information content (AvgIpc) is 3.13. The maximum Gasteiger partial charge on any atom is 0.309 e. The van der Waals surface area contributed by atoms with Crippen LogP contribution in [0.15, 0.2) is 29.2 Å². The van der Waals surface area contributed by atoms with Crippen molar-refractivity contribution in [1.29, 1.82) is 0 Å². The Kier molecular flexibility index (Phi) is 3.19. The summed E-state index contributed by atoms with van der Waals surface area (Å²) in [4.78, 5) is 11.4. The summed E-state index contributed by atoms with van der Waals surface area (Å²) in [5.41, 5.74) is 0.756. The molecule has 0 unspecified atom stereocenters. The van der Waals surface area contributed by atoms with E-state index in [4.69, 9.17) is 0 Å². The summed E-state index contributed by atoms with van der Waals surface area (Å²) in [5.74, 6) is -0.331. The Hall–Kier alpha value is -1.36. The van der Waals surface area contributed by atoms with E-state index < -0.39 is 9.84 Å². The van der Waals surface area contributed by atoms with Gasteiger partial charge in [-0.25, -0.2) is 8.42 Å². The maximum atomic E-state index is 11.9. The van der Waals surface area contributed by atoms with Crippen molar-refractivity contribution in [3.63, 3.8) is 0 Å². The molecule has 1 saturated carbocycles. The van der Waals surface area contributed by atoms with Crippen molar-refractivity contribution in [2.24, 2.45) is 0 Å². The van der Waals surface area contributed by atoms with Crippen LogP contribution in [0.4, 0.5) is 0 Å². The molecule has 0 spiro atoms. The number of methoxy groups -OCH3 is 1. The number of esters is 1. The van der Waals surface area contributed by atoms with Crippen molar-refractivity contribution >= 4 is 15.8 Å². The third-order valence-electron chi connectivity index (χ3n) is 2.79. The van der Waals surface area contributed by atoms with Gasteiger partial charge in [-0.2, -0.15) is 0 Å². The number of benzene rings is 1. The van der Waals surface area contributed by atoms with E-state index in [-0.39, 0.29) is 17.6 Å². The second kappa shape index (κ2) is 4.49. The lowest BCUT2D eigenvalue weighted by Gasteiger charge is -2.04. The van der Waals surface area contributed by atoms with Gasteiger partial charge in [0.05, 0.1) is 23.7 Å². The van der Waals surface area contributed by atoms with Crippen molar-refractivity contribution in [1.82, 2.24) is 0 Å². The van der Waals surface area contributed by atoms with Gasteiger partial charge in [-0.3, -0.25) is 4.79 Å². The molecule has 0 aliphatic heterocycles. The van der Waals surface area contributed by atoms with Gasteiger partial charge in [0.1, 0.15) is 0 Å². The lowest BCUT2D eigenvalue weighted by molar-refractivity contribution is -0.139. The largest absolute Gasteiger partial charge is 0.469 e. The van der Waals surface area contributed by atoms with Gasteiger partial charge in [-0.05, 0) is 30.5 Å². The molecule has 1 aromatic rings. The SMILES string of the molecule is COC(=O)Cc1ccc(S(=O)(=O)C2CC2)cc1. The number of hydrogen-bond donors (Lipinski definition) is 0. The zero-order valence-electron chi connectivity index (χ0n) is 9.55. The Morgan fingerprint density at radius 1 is 1.29 bits per heavy atom. The lowest BCUT2D eigenvalue weighted by atomic mass is 10.2. The van der Waals surface area contributed by atoms with Crippen molar-refractivity contribution < 1.29 is 17.9 Å². The van der Waals surface area contributed by atoms with Gasteiger partial charge in [-0.15, -0.1) is 0 Å². The van der Waals surface area contributed by atoms with Crippen LogP contribution in [0, 0.1) is 0 Å². The maximum absolute atomic E-state index is 11.9. The van der Waals surface area contributed by atoms with E-state index in [1.54, 1.807) is 24.3 Å². The Balaban J connectivity index is 2.15. The number of ether oxygens (including phenoxy) is 1. The normalized spacial score (nSPS) is 15.6. The number of sulfone groups is 1. The highest BCUT2D eigenvalue weighted by Gasteiger charge is 2.36. The highest BCUT2D eigenvalue weighted by molar-refractivity contribution is 7.92. The smallest absolute Gasteiger partial charge is 0.309 e. The molecular formula is C12H14O4S. The fourth-order valence-electron chi connectivity index (χ4n) is 1.61. The molecule has 0 bridgehead atoms. The summed E-state index contributed by atoms with van der Waals surface area (Å²) < 4.78 is 28.3. The summed E-state index contributed by atoms with van der Waals surface area (Å²) in [7, 11) is -1.81. The first-order valence-corrected chi connectivity index (χ1v) is 6.98. The first-order valence-electron chi connectivity index (χ1n) is 5.43. The molecule has 1 aliphatic rings. The highest BCUT2D eigenvalue weighted by Crippen LogP contribution is 2.33. The minimum atomic E-state index is -3.13. The molecule has 2 rings (SSSR count). The van der Waals surface area contributed by atoms with Crippen LogP contribution < -0.4 is 0 Å². The number of rotatable bonds is 4. The van der Waals surface area contributed by atoms with Crippen molar-refractivity contribution in [2.45, 2.75) is 29.4 Å². The van der Waals surface area contributed by atoms with Crippen molar-refractivity contribution in [3.05, 3.63) is 29.8 Å². The molecular weight excluding hydrogens is 240 g/mol. The zero-order valence-corrected chi connectivity index (χ0v) is 10.4. The number of hydrogen-bond acceptors (Lipinski definition) is 4. The summed E-state index contributed by atoms with van der Waals surface area (Å²) in [6.07, 6.45) is 1.68. The third kappa shape index (κ3) is 2.66. The van der Waals surface area contributed by atoms with Gasteiger partial charge < -0.3 is 4.74 Å². The van der Waals surface area contributed by atoms with E-state index in [0.29, 0.717) is 4.90 Å². The molecule has 17 heavy (non-hydrogen) atoms. The first-order chi connectivity index (χ1) is 8.04. The van der Waals surface area contributed by atoms with Crippen LogP contribution in [0.25, 0.3) is 0 Å². The van der Waals surface area contributed by atoms with Gasteiger partial charge in [0, 0.05) is 0 Å². The van der Waals surface area contributed by atoms with Crippen molar-refractivity contribution in [2.75, 3.05) is 7.11 Å². The fourth-order valence-corrected chi connectivity index (χ4v) is 3.26. The van der Waals surface area contributed by atoms with Crippen LogP contribution in [0.1, 0.15) is 18.4 Å². The predicted octanol–water partition coefficient (Wildman–Crippen LogP) is 1.34. The van der Waals surface area contributed by atoms with Gasteiger partial charge >= 0.3 is 5.97 Å². The van der Waals surface area contributed by atoms with Crippen LogP contribution in [-0.4, -0.2) is 26.7 Å². The second-order valence-electron chi connectivity index (χ2n) is 4.14. The molecule has 0 saturated heterocycles. The van der Waals surface area contributed by atoms with E-state index >= 15 is 0 Å². The van der Waals surface area contributed by atoms with Gasteiger partial charge in [-0.1, -0.05) is 12.1 Å². The highest BCUT2D eigenvalue weighted by atomic mass is 32.2. The summed E-state index contributed by atoms with van der Waals surface area (Å²) in [6, 6.07) is 6.44. The summed E-state index contributed by atoms with van der Waals surface area (Å²) in [5, 5.41) is -0.200. The molecule has 1 aromatic carbocycles. The van der Waals surface area contributed by atoms with Gasteiger partial charge in [0.25, 0.3) is 0 Å². The molecule has 0 N–H and O–H groups in total. The van der Waals surface area contributed by atoms with E-state index in [1.807, 2.05) is 0 Å². The first kappa shape index (κ1) is 12.1. The van der Waals surface area contributed by atoms with E-state index in [1.165, 1.54) is 7.11 Å². The van der Waals surface area contributed by atoms with Crippen molar-refractivity contribution in [3.8, 4) is 0 Å². The Morgan fingerprint density at radius 2 is 1.88 bits per heavy atom. The van der Waals surface area contributed by atoms with Crippen LogP contribution in [0.2, 0.25) is 0 Å². The molecule has 0 atom stereocenters. The minimum absolute atomic E-state index is 0.167. The van der Waals surface area contributed by atoms with Gasteiger partial charge in [0.2, 0.25) is 0 Å². The minimum Gasteiger partial charge on any atom is -0.469 e. The predicted molar refractivity (Wildman–Crippen MR) is 62.4 cm³/mol. The monoisotopic (exact) mass is 254 g/mol. The van der Waals surface area contributed by atoms with E-state index in [9.17, 15) is 13.2 Å². The third-order valence-corrected chi connectivity index (χ3v) is 5.07. The average molecular weight is 254 g/mol. The zero-order chi connectivity index (χ0) is 12.5.